The van der Waals surface area contributed by atoms with E-state index in [1.165, 1.54) is 17.4 Å². The van der Waals surface area contributed by atoms with Gasteiger partial charge >= 0.3 is 0 Å². The zero-order chi connectivity index (χ0) is 25.3. The zero-order valence-electron chi connectivity index (χ0n) is 20.6. The summed E-state index contributed by atoms with van der Waals surface area (Å²) in [6.45, 7) is 9.72. The van der Waals surface area contributed by atoms with Gasteiger partial charge in [0, 0.05) is 18.3 Å². The van der Waals surface area contributed by atoms with Crippen LogP contribution in [0, 0.1) is 6.92 Å². The van der Waals surface area contributed by atoms with E-state index in [1.54, 1.807) is 36.4 Å². The number of hydrogen-bond donors (Lipinski definition) is 2. The summed E-state index contributed by atoms with van der Waals surface area (Å²) in [4.78, 5) is 39.9. The number of aryl methyl sites for hydroxylation is 1. The minimum atomic E-state index is -0.412. The molecule has 0 aliphatic carbocycles. The predicted octanol–water partition coefficient (Wildman–Crippen LogP) is 5.65. The second-order valence-corrected chi connectivity index (χ2v) is 9.69. The van der Waals surface area contributed by atoms with Crippen molar-refractivity contribution in [3.8, 4) is 0 Å². The second kappa shape index (κ2) is 9.22. The maximum atomic E-state index is 13.7. The highest BCUT2D eigenvalue weighted by Crippen LogP contribution is 2.35. The van der Waals surface area contributed by atoms with E-state index in [2.05, 4.69) is 31.4 Å². The molecule has 0 bridgehead atoms. The summed E-state index contributed by atoms with van der Waals surface area (Å²) < 4.78 is 0. The van der Waals surface area contributed by atoms with Crippen LogP contribution in [0.4, 0.5) is 17.1 Å². The largest absolute Gasteiger partial charge is 0.350 e. The van der Waals surface area contributed by atoms with Gasteiger partial charge < -0.3 is 10.6 Å². The highest BCUT2D eigenvalue weighted by Gasteiger charge is 2.40. The molecule has 3 aromatic rings. The Kier molecular flexibility index (Phi) is 6.31. The summed E-state index contributed by atoms with van der Waals surface area (Å²) in [6.07, 6.45) is 0. The van der Waals surface area contributed by atoms with Gasteiger partial charge in [-0.15, -0.1) is 0 Å². The van der Waals surface area contributed by atoms with Gasteiger partial charge in [0.25, 0.3) is 11.8 Å². The molecule has 0 aromatic heterocycles. The van der Waals surface area contributed by atoms with Crippen LogP contribution in [0.25, 0.3) is 5.57 Å². The lowest BCUT2D eigenvalue weighted by Gasteiger charge is -2.19. The molecule has 178 valence electrons. The average Bonchev–Trinajstić information content (AvgIpc) is 3.03. The Morgan fingerprint density at radius 1 is 0.800 bits per heavy atom. The first kappa shape index (κ1) is 24.0. The molecule has 3 amide bonds. The maximum Gasteiger partial charge on any atom is 0.282 e. The summed E-state index contributed by atoms with van der Waals surface area (Å²) in [5.41, 5.74) is 4.96. The first-order valence-electron chi connectivity index (χ1n) is 11.5. The molecule has 0 fully saturated rings. The van der Waals surface area contributed by atoms with Crippen LogP contribution in [0.5, 0.6) is 0 Å². The van der Waals surface area contributed by atoms with Crippen molar-refractivity contribution in [3.63, 3.8) is 0 Å². The Labute approximate surface area is 205 Å². The van der Waals surface area contributed by atoms with E-state index in [9.17, 15) is 14.4 Å². The number of anilines is 3. The van der Waals surface area contributed by atoms with Crippen LogP contribution >= 0.6 is 0 Å². The minimum Gasteiger partial charge on any atom is -0.350 e. The smallest absolute Gasteiger partial charge is 0.282 e. The molecular formula is C29H29N3O3. The molecule has 35 heavy (non-hydrogen) atoms. The molecule has 0 radical (unpaired) electrons. The maximum absolute atomic E-state index is 13.7. The lowest BCUT2D eigenvalue weighted by atomic mass is 9.87. The third kappa shape index (κ3) is 4.87. The number of nitrogens with one attached hydrogen (secondary N) is 2. The molecule has 6 heteroatoms. The van der Waals surface area contributed by atoms with Crippen molar-refractivity contribution in [1.82, 2.24) is 0 Å². The summed E-state index contributed by atoms with van der Waals surface area (Å²) in [5.74, 6) is -0.994. The number of imide groups is 1. The quantitative estimate of drug-likeness (QED) is 0.476. The fourth-order valence-corrected chi connectivity index (χ4v) is 4.07. The highest BCUT2D eigenvalue weighted by atomic mass is 16.2. The van der Waals surface area contributed by atoms with Gasteiger partial charge in [-0.2, -0.15) is 0 Å². The monoisotopic (exact) mass is 467 g/mol. The van der Waals surface area contributed by atoms with Gasteiger partial charge in [-0.05, 0) is 59.4 Å². The molecule has 1 heterocycles. The SMILES string of the molecule is CC(=O)Nc1ccc(C2=C(Nc3ccc(C(C)(C)C)cc3)C(=O)N(c3ccccc3C)C2=O)cc1. The molecule has 6 nitrogen and oxygen atoms in total. The van der Waals surface area contributed by atoms with Crippen molar-refractivity contribution in [1.29, 1.82) is 0 Å². The molecule has 1 aliphatic rings. The third-order valence-electron chi connectivity index (χ3n) is 5.95. The van der Waals surface area contributed by atoms with Crippen LogP contribution in [0.15, 0.2) is 78.5 Å². The average molecular weight is 468 g/mol. The topological polar surface area (TPSA) is 78.5 Å². The van der Waals surface area contributed by atoms with E-state index < -0.39 is 11.8 Å². The van der Waals surface area contributed by atoms with Gasteiger partial charge in [-0.25, -0.2) is 4.90 Å². The van der Waals surface area contributed by atoms with E-state index in [0.29, 0.717) is 22.6 Å². The van der Waals surface area contributed by atoms with Crippen molar-refractivity contribution in [2.24, 2.45) is 0 Å². The third-order valence-corrected chi connectivity index (χ3v) is 5.95. The van der Waals surface area contributed by atoms with Crippen LogP contribution < -0.4 is 15.5 Å². The summed E-state index contributed by atoms with van der Waals surface area (Å²) >= 11 is 0. The zero-order valence-corrected chi connectivity index (χ0v) is 20.6. The molecule has 4 rings (SSSR count). The molecular weight excluding hydrogens is 438 g/mol. The number of hydrogen-bond acceptors (Lipinski definition) is 4. The first-order chi connectivity index (χ1) is 16.6. The second-order valence-electron chi connectivity index (χ2n) is 9.69. The number of carbonyl (C=O) groups is 3. The highest BCUT2D eigenvalue weighted by molar-refractivity contribution is 6.46. The summed E-state index contributed by atoms with van der Waals surface area (Å²) in [6, 6.07) is 22.1. The number of carbonyl (C=O) groups excluding carboxylic acids is 3. The Morgan fingerprint density at radius 3 is 1.97 bits per heavy atom. The molecule has 3 aromatic carbocycles. The van der Waals surface area contributed by atoms with Gasteiger partial charge in [0.1, 0.15) is 5.70 Å². The van der Waals surface area contributed by atoms with Crippen molar-refractivity contribution in [3.05, 3.63) is 95.2 Å². The van der Waals surface area contributed by atoms with Gasteiger partial charge in [0.15, 0.2) is 0 Å². The van der Waals surface area contributed by atoms with Crippen molar-refractivity contribution in [2.75, 3.05) is 15.5 Å². The number of amides is 3. The van der Waals surface area contributed by atoms with E-state index >= 15 is 0 Å². The van der Waals surface area contributed by atoms with Gasteiger partial charge in [-0.3, -0.25) is 14.4 Å². The Balaban J connectivity index is 1.77. The summed E-state index contributed by atoms with van der Waals surface area (Å²) in [5, 5.41) is 5.93. The van der Waals surface area contributed by atoms with Crippen LogP contribution in [-0.4, -0.2) is 17.7 Å². The molecule has 0 saturated heterocycles. The standard InChI is InChI=1S/C29H29N3O3/c1-18-8-6-7-9-24(18)32-27(34)25(20-10-14-22(15-11-20)30-19(2)33)26(28(32)35)31-23-16-12-21(13-17-23)29(3,4)5/h6-17,31H,1-5H3,(H,30,33). The van der Waals surface area contributed by atoms with E-state index in [0.717, 1.165) is 5.56 Å². The van der Waals surface area contributed by atoms with E-state index in [4.69, 9.17) is 0 Å². The number of para-hydroxylation sites is 1. The van der Waals surface area contributed by atoms with Crippen molar-refractivity contribution < 1.29 is 14.4 Å². The van der Waals surface area contributed by atoms with Gasteiger partial charge in [-0.1, -0.05) is 63.2 Å². The van der Waals surface area contributed by atoms with Crippen LogP contribution in [-0.2, 0) is 19.8 Å². The van der Waals surface area contributed by atoms with Crippen LogP contribution in [0.3, 0.4) is 0 Å². The summed E-state index contributed by atoms with van der Waals surface area (Å²) in [7, 11) is 0. The molecule has 0 spiro atoms. The molecule has 0 unspecified atom stereocenters. The molecule has 0 atom stereocenters. The lowest BCUT2D eigenvalue weighted by Crippen LogP contribution is -2.33. The predicted molar refractivity (Wildman–Crippen MR) is 140 cm³/mol. The Hall–Kier alpha value is -4.19. The van der Waals surface area contributed by atoms with Crippen molar-refractivity contribution >= 4 is 40.4 Å². The number of rotatable bonds is 5. The van der Waals surface area contributed by atoms with Gasteiger partial charge in [0.05, 0.1) is 11.3 Å². The molecule has 2 N–H and O–H groups in total. The van der Waals surface area contributed by atoms with E-state index in [-0.39, 0.29) is 22.6 Å². The molecule has 1 aliphatic heterocycles. The van der Waals surface area contributed by atoms with Crippen LogP contribution in [0.1, 0.15) is 44.4 Å². The van der Waals surface area contributed by atoms with Gasteiger partial charge in [0.2, 0.25) is 5.91 Å². The van der Waals surface area contributed by atoms with E-state index in [1.807, 2.05) is 43.3 Å². The van der Waals surface area contributed by atoms with Crippen LogP contribution in [0.2, 0.25) is 0 Å². The molecule has 0 saturated carbocycles. The fourth-order valence-electron chi connectivity index (χ4n) is 4.07. The fraction of sp³-hybridized carbons (Fsp3) is 0.207. The Morgan fingerprint density at radius 2 is 1.40 bits per heavy atom. The normalized spacial score (nSPS) is 13.9. The number of nitrogens with zero attached hydrogens (tertiary/aromatic N) is 1. The Bertz CT molecular complexity index is 1330. The van der Waals surface area contributed by atoms with Crippen molar-refractivity contribution in [2.45, 2.75) is 40.0 Å². The minimum absolute atomic E-state index is 0.000604. The number of benzene rings is 3. The lowest BCUT2D eigenvalue weighted by molar-refractivity contribution is -0.120. The first-order valence-corrected chi connectivity index (χ1v) is 11.5.